The largest absolute Gasteiger partial charge is 0.422 e. The Kier molecular flexibility index (Phi) is 3.75. The minimum absolute atomic E-state index is 0.212. The second kappa shape index (κ2) is 5.33. The van der Waals surface area contributed by atoms with E-state index in [0.717, 1.165) is 6.07 Å². The molecule has 0 aliphatic carbocycles. The smallest absolute Gasteiger partial charge is 0.308 e. The molecule has 0 unspecified atom stereocenters. The second-order valence-electron chi connectivity index (χ2n) is 4.16. The molecule has 2 heterocycles. The van der Waals surface area contributed by atoms with E-state index in [1.807, 2.05) is 0 Å². The summed E-state index contributed by atoms with van der Waals surface area (Å²) in [5.74, 6) is -1.56. The van der Waals surface area contributed by atoms with Gasteiger partial charge in [-0.2, -0.15) is 0 Å². The summed E-state index contributed by atoms with van der Waals surface area (Å²) in [5, 5.41) is 16.9. The van der Waals surface area contributed by atoms with Crippen LogP contribution in [-0.2, 0) is 18.4 Å². The standard InChI is InChI=1S/C12H13FN4O3/c1-6-12(20-7(2)19)8(13)4-9(14-6)11-10(5-18)17(3)16-15-11/h4,18H,5H2,1-3H3. The van der Waals surface area contributed by atoms with Gasteiger partial charge in [-0.15, -0.1) is 5.10 Å². The van der Waals surface area contributed by atoms with Crippen LogP contribution in [0.3, 0.4) is 0 Å². The fraction of sp³-hybridized carbons (Fsp3) is 0.333. The van der Waals surface area contributed by atoms with Gasteiger partial charge < -0.3 is 9.84 Å². The van der Waals surface area contributed by atoms with Gasteiger partial charge in [0, 0.05) is 20.0 Å². The predicted octanol–water partition coefficient (Wildman–Crippen LogP) is 0.742. The zero-order chi connectivity index (χ0) is 14.9. The van der Waals surface area contributed by atoms with Crippen LogP contribution in [0.2, 0.25) is 0 Å². The number of carbonyl (C=O) groups is 1. The number of aryl methyl sites for hydroxylation is 2. The lowest BCUT2D eigenvalue weighted by Crippen LogP contribution is -2.07. The molecule has 0 aliphatic rings. The minimum Gasteiger partial charge on any atom is -0.422 e. The highest BCUT2D eigenvalue weighted by atomic mass is 19.1. The first-order chi connectivity index (χ1) is 9.43. The Bertz CT molecular complexity index is 646. The maximum atomic E-state index is 14.0. The molecule has 0 atom stereocenters. The number of nitrogens with zero attached hydrogens (tertiary/aromatic N) is 4. The quantitative estimate of drug-likeness (QED) is 0.834. The maximum Gasteiger partial charge on any atom is 0.308 e. The van der Waals surface area contributed by atoms with E-state index in [1.54, 1.807) is 7.05 Å². The van der Waals surface area contributed by atoms with Gasteiger partial charge in [-0.3, -0.25) is 4.79 Å². The van der Waals surface area contributed by atoms with Gasteiger partial charge in [0.25, 0.3) is 0 Å². The molecule has 0 fully saturated rings. The van der Waals surface area contributed by atoms with Crippen LogP contribution in [0.1, 0.15) is 18.3 Å². The fourth-order valence-electron chi connectivity index (χ4n) is 1.76. The predicted molar refractivity (Wildman–Crippen MR) is 66.2 cm³/mol. The summed E-state index contributed by atoms with van der Waals surface area (Å²) in [4.78, 5) is 15.0. The normalized spacial score (nSPS) is 10.7. The Balaban J connectivity index is 2.52. The molecule has 1 N–H and O–H groups in total. The Morgan fingerprint density at radius 1 is 1.55 bits per heavy atom. The monoisotopic (exact) mass is 280 g/mol. The Labute approximate surface area is 114 Å². The van der Waals surface area contributed by atoms with Gasteiger partial charge in [0.05, 0.1) is 23.7 Å². The first-order valence-electron chi connectivity index (χ1n) is 5.79. The molecule has 0 radical (unpaired) electrons. The number of aliphatic hydroxyl groups is 1. The van der Waals surface area contributed by atoms with Gasteiger partial charge in [-0.1, -0.05) is 5.21 Å². The minimum atomic E-state index is -0.725. The first-order valence-corrected chi connectivity index (χ1v) is 5.79. The number of esters is 1. The Hall–Kier alpha value is -2.35. The molecule has 0 bridgehead atoms. The lowest BCUT2D eigenvalue weighted by atomic mass is 10.2. The highest BCUT2D eigenvalue weighted by Crippen LogP contribution is 2.27. The van der Waals surface area contributed by atoms with Gasteiger partial charge in [-0.25, -0.2) is 14.1 Å². The number of carbonyl (C=O) groups excluding carboxylic acids is 1. The van der Waals surface area contributed by atoms with E-state index < -0.39 is 11.8 Å². The van der Waals surface area contributed by atoms with Crippen molar-refractivity contribution in [1.29, 1.82) is 0 Å². The van der Waals surface area contributed by atoms with Crippen LogP contribution in [0.5, 0.6) is 5.75 Å². The lowest BCUT2D eigenvalue weighted by molar-refractivity contribution is -0.132. The van der Waals surface area contributed by atoms with Gasteiger partial charge in [0.15, 0.2) is 11.6 Å². The van der Waals surface area contributed by atoms with Crippen LogP contribution in [0.15, 0.2) is 6.07 Å². The number of hydrogen-bond donors (Lipinski definition) is 1. The average Bonchev–Trinajstić information content (AvgIpc) is 2.74. The van der Waals surface area contributed by atoms with Crippen molar-refractivity contribution in [1.82, 2.24) is 20.0 Å². The van der Waals surface area contributed by atoms with E-state index in [4.69, 9.17) is 4.74 Å². The SMILES string of the molecule is CC(=O)Oc1c(F)cc(-c2nnn(C)c2CO)nc1C. The van der Waals surface area contributed by atoms with Crippen LogP contribution >= 0.6 is 0 Å². The third kappa shape index (κ3) is 2.50. The molecular formula is C12H13FN4O3. The zero-order valence-electron chi connectivity index (χ0n) is 11.2. The van der Waals surface area contributed by atoms with E-state index in [9.17, 15) is 14.3 Å². The van der Waals surface area contributed by atoms with E-state index in [1.165, 1.54) is 18.5 Å². The summed E-state index contributed by atoms with van der Waals surface area (Å²) in [5.41, 5.74) is 1.13. The molecule has 2 rings (SSSR count). The highest BCUT2D eigenvalue weighted by Gasteiger charge is 2.18. The van der Waals surface area contributed by atoms with Gasteiger partial charge in [-0.05, 0) is 6.92 Å². The second-order valence-corrected chi connectivity index (χ2v) is 4.16. The van der Waals surface area contributed by atoms with Crippen LogP contribution in [0.25, 0.3) is 11.4 Å². The van der Waals surface area contributed by atoms with E-state index in [2.05, 4.69) is 15.3 Å². The molecule has 8 heteroatoms. The molecule has 0 saturated heterocycles. The van der Waals surface area contributed by atoms with Crippen molar-refractivity contribution in [3.05, 3.63) is 23.3 Å². The third-order valence-electron chi connectivity index (χ3n) is 2.68. The Morgan fingerprint density at radius 3 is 2.80 bits per heavy atom. The number of rotatable bonds is 3. The molecule has 106 valence electrons. The topological polar surface area (TPSA) is 90.1 Å². The number of aromatic nitrogens is 4. The molecule has 2 aromatic heterocycles. The first kappa shape index (κ1) is 14.1. The summed E-state index contributed by atoms with van der Waals surface area (Å²) in [7, 11) is 1.61. The van der Waals surface area contributed by atoms with Crippen LogP contribution < -0.4 is 4.74 Å². The number of halogens is 1. The molecule has 0 spiro atoms. The number of pyridine rings is 1. The third-order valence-corrected chi connectivity index (χ3v) is 2.68. The summed E-state index contributed by atoms with van der Waals surface area (Å²) in [6.45, 7) is 2.39. The molecule has 0 saturated carbocycles. The lowest BCUT2D eigenvalue weighted by Gasteiger charge is -2.08. The van der Waals surface area contributed by atoms with Crippen LogP contribution in [0.4, 0.5) is 4.39 Å². The van der Waals surface area contributed by atoms with Crippen molar-refractivity contribution in [2.45, 2.75) is 20.5 Å². The molecule has 0 aromatic carbocycles. The number of aliphatic hydroxyl groups excluding tert-OH is 1. The molecule has 0 aliphatic heterocycles. The molecule has 2 aromatic rings. The summed E-state index contributed by atoms with van der Waals surface area (Å²) in [6, 6.07) is 1.09. The zero-order valence-corrected chi connectivity index (χ0v) is 11.2. The van der Waals surface area contributed by atoms with Crippen LogP contribution in [-0.4, -0.2) is 31.1 Å². The van der Waals surface area contributed by atoms with Crippen molar-refractivity contribution < 1.29 is 19.0 Å². The van der Waals surface area contributed by atoms with Gasteiger partial charge >= 0.3 is 5.97 Å². The van der Waals surface area contributed by atoms with Crippen molar-refractivity contribution >= 4 is 5.97 Å². The van der Waals surface area contributed by atoms with Gasteiger partial charge in [0.1, 0.15) is 5.69 Å². The van der Waals surface area contributed by atoms with E-state index in [-0.39, 0.29) is 29.4 Å². The van der Waals surface area contributed by atoms with E-state index >= 15 is 0 Å². The average molecular weight is 280 g/mol. The maximum absolute atomic E-state index is 14.0. The molecule has 0 amide bonds. The summed E-state index contributed by atoms with van der Waals surface area (Å²) in [6.07, 6.45) is 0. The molecule has 7 nitrogen and oxygen atoms in total. The van der Waals surface area contributed by atoms with Crippen molar-refractivity contribution in [3.8, 4) is 17.1 Å². The van der Waals surface area contributed by atoms with Gasteiger partial charge in [0.2, 0.25) is 0 Å². The van der Waals surface area contributed by atoms with E-state index in [0.29, 0.717) is 5.69 Å². The van der Waals surface area contributed by atoms with Crippen LogP contribution in [0, 0.1) is 12.7 Å². The summed E-state index contributed by atoms with van der Waals surface area (Å²) >= 11 is 0. The van der Waals surface area contributed by atoms with Crippen molar-refractivity contribution in [2.75, 3.05) is 0 Å². The highest BCUT2D eigenvalue weighted by molar-refractivity contribution is 5.70. The summed E-state index contributed by atoms with van der Waals surface area (Å²) < 4.78 is 20.1. The fourth-order valence-corrected chi connectivity index (χ4v) is 1.76. The molecule has 20 heavy (non-hydrogen) atoms. The van der Waals surface area contributed by atoms with Crippen molar-refractivity contribution in [2.24, 2.45) is 7.05 Å². The number of ether oxygens (including phenoxy) is 1. The van der Waals surface area contributed by atoms with Crippen molar-refractivity contribution in [3.63, 3.8) is 0 Å². The number of hydrogen-bond acceptors (Lipinski definition) is 6. The molecular weight excluding hydrogens is 267 g/mol. The Morgan fingerprint density at radius 2 is 2.25 bits per heavy atom.